The zero-order valence-corrected chi connectivity index (χ0v) is 12.3. The predicted octanol–water partition coefficient (Wildman–Crippen LogP) is 2.74. The van der Waals surface area contributed by atoms with E-state index in [4.69, 9.17) is 0 Å². The van der Waals surface area contributed by atoms with Gasteiger partial charge < -0.3 is 0 Å². The molecule has 0 bridgehead atoms. The standard InChI is InChI=1S/C12H13BrN2OS/c1-12(13)10(14-15(2)11(12)16)8-6-4-5-7-9(8)17-3/h4-7H,1-3H3. The molecule has 0 aliphatic carbocycles. The van der Waals surface area contributed by atoms with Crippen molar-refractivity contribution in [3.8, 4) is 0 Å². The molecule has 1 unspecified atom stereocenters. The number of carbonyl (C=O) groups is 1. The molecule has 0 saturated carbocycles. The average Bonchev–Trinajstić information content (AvgIpc) is 2.53. The normalized spacial score (nSPS) is 24.1. The third kappa shape index (κ3) is 2.02. The van der Waals surface area contributed by atoms with Crippen molar-refractivity contribution in [1.82, 2.24) is 5.01 Å². The minimum atomic E-state index is -0.729. The Bertz CT molecular complexity index is 499. The van der Waals surface area contributed by atoms with Gasteiger partial charge in [0.25, 0.3) is 5.91 Å². The smallest absolute Gasteiger partial charge is 0.265 e. The number of hydrazone groups is 1. The van der Waals surface area contributed by atoms with E-state index in [2.05, 4.69) is 21.0 Å². The highest BCUT2D eigenvalue weighted by Crippen LogP contribution is 2.34. The van der Waals surface area contributed by atoms with Gasteiger partial charge in [0.15, 0.2) is 0 Å². The highest BCUT2D eigenvalue weighted by atomic mass is 79.9. The molecule has 1 aromatic rings. The van der Waals surface area contributed by atoms with Crippen LogP contribution in [0.15, 0.2) is 34.3 Å². The maximum Gasteiger partial charge on any atom is 0.265 e. The summed E-state index contributed by atoms with van der Waals surface area (Å²) in [6.45, 7) is 1.84. The molecule has 1 amide bonds. The quantitative estimate of drug-likeness (QED) is 0.621. The van der Waals surface area contributed by atoms with E-state index in [1.165, 1.54) is 5.01 Å². The van der Waals surface area contributed by atoms with Gasteiger partial charge in [0.05, 0.1) is 5.71 Å². The van der Waals surface area contributed by atoms with Gasteiger partial charge in [-0.2, -0.15) is 5.10 Å². The number of nitrogens with zero attached hydrogens (tertiary/aromatic N) is 2. The number of carbonyl (C=O) groups excluding carboxylic acids is 1. The molecule has 0 N–H and O–H groups in total. The van der Waals surface area contributed by atoms with Gasteiger partial charge >= 0.3 is 0 Å². The Morgan fingerprint density at radius 1 is 1.41 bits per heavy atom. The van der Waals surface area contributed by atoms with E-state index < -0.39 is 4.32 Å². The molecule has 1 aromatic carbocycles. The SMILES string of the molecule is CSc1ccccc1C1=NN(C)C(=O)C1(C)Br. The maximum absolute atomic E-state index is 12.0. The Morgan fingerprint density at radius 3 is 2.59 bits per heavy atom. The van der Waals surface area contributed by atoms with Crippen molar-refractivity contribution >= 4 is 39.3 Å². The number of rotatable bonds is 2. The first-order valence-corrected chi connectivity index (χ1v) is 7.19. The third-order valence-corrected chi connectivity index (χ3v) is 4.26. The van der Waals surface area contributed by atoms with Crippen LogP contribution in [0.5, 0.6) is 0 Å². The average molecular weight is 313 g/mol. The van der Waals surface area contributed by atoms with E-state index >= 15 is 0 Å². The minimum Gasteiger partial charge on any atom is -0.271 e. The van der Waals surface area contributed by atoms with Crippen molar-refractivity contribution in [2.24, 2.45) is 5.10 Å². The number of hydrogen-bond donors (Lipinski definition) is 0. The van der Waals surface area contributed by atoms with Crippen LogP contribution in [-0.2, 0) is 4.79 Å². The summed E-state index contributed by atoms with van der Waals surface area (Å²) in [4.78, 5) is 13.1. The fourth-order valence-electron chi connectivity index (χ4n) is 1.84. The molecule has 1 atom stereocenters. The molecule has 17 heavy (non-hydrogen) atoms. The van der Waals surface area contributed by atoms with Gasteiger partial charge in [-0.15, -0.1) is 11.8 Å². The topological polar surface area (TPSA) is 32.7 Å². The van der Waals surface area contributed by atoms with E-state index in [1.807, 2.05) is 37.4 Å². The number of halogens is 1. The number of alkyl halides is 1. The van der Waals surface area contributed by atoms with Crippen molar-refractivity contribution < 1.29 is 4.79 Å². The Balaban J connectivity index is 2.54. The number of benzene rings is 1. The Labute approximate surface area is 113 Å². The van der Waals surface area contributed by atoms with Crippen LogP contribution in [0.4, 0.5) is 0 Å². The summed E-state index contributed by atoms with van der Waals surface area (Å²) in [5.74, 6) is -0.0385. The van der Waals surface area contributed by atoms with E-state index in [-0.39, 0.29) is 5.91 Å². The molecular formula is C12H13BrN2OS. The molecule has 3 nitrogen and oxygen atoms in total. The summed E-state index contributed by atoms with van der Waals surface area (Å²) in [5.41, 5.74) is 1.78. The molecule has 90 valence electrons. The molecule has 1 aliphatic heterocycles. The summed E-state index contributed by atoms with van der Waals surface area (Å²) in [5, 5.41) is 5.73. The summed E-state index contributed by atoms with van der Waals surface area (Å²) in [6, 6.07) is 7.98. The zero-order valence-electron chi connectivity index (χ0n) is 9.90. The second-order valence-corrected chi connectivity index (χ2v) is 6.41. The van der Waals surface area contributed by atoms with E-state index in [9.17, 15) is 4.79 Å². The second-order valence-electron chi connectivity index (χ2n) is 3.98. The van der Waals surface area contributed by atoms with Crippen LogP contribution >= 0.6 is 27.7 Å². The van der Waals surface area contributed by atoms with E-state index in [1.54, 1.807) is 18.8 Å². The fourth-order valence-corrected chi connectivity index (χ4v) is 2.99. The molecule has 1 aliphatic rings. The van der Waals surface area contributed by atoms with Gasteiger partial charge in [0.2, 0.25) is 0 Å². The molecule has 0 aromatic heterocycles. The fraction of sp³-hybridized carbons (Fsp3) is 0.333. The number of thioether (sulfide) groups is 1. The first kappa shape index (κ1) is 12.6. The Morgan fingerprint density at radius 2 is 2.06 bits per heavy atom. The monoisotopic (exact) mass is 312 g/mol. The highest BCUT2D eigenvalue weighted by molar-refractivity contribution is 9.10. The number of hydrogen-bond acceptors (Lipinski definition) is 3. The van der Waals surface area contributed by atoms with Crippen LogP contribution in [0.3, 0.4) is 0 Å². The van der Waals surface area contributed by atoms with Crippen LogP contribution in [0, 0.1) is 0 Å². The van der Waals surface area contributed by atoms with Gasteiger partial charge in [-0.3, -0.25) is 4.79 Å². The third-order valence-electron chi connectivity index (χ3n) is 2.75. The van der Waals surface area contributed by atoms with Gasteiger partial charge in [0, 0.05) is 17.5 Å². The summed E-state index contributed by atoms with van der Waals surface area (Å²) in [6.07, 6.45) is 2.02. The molecule has 5 heteroatoms. The number of amides is 1. The second kappa shape index (κ2) is 4.46. The van der Waals surface area contributed by atoms with E-state index in [0.717, 1.165) is 16.2 Å². The van der Waals surface area contributed by atoms with Gasteiger partial charge in [-0.25, -0.2) is 5.01 Å². The van der Waals surface area contributed by atoms with Crippen LogP contribution < -0.4 is 0 Å². The lowest BCUT2D eigenvalue weighted by molar-refractivity contribution is -0.128. The Kier molecular flexibility index (Phi) is 3.32. The first-order chi connectivity index (χ1) is 7.98. The van der Waals surface area contributed by atoms with Crippen molar-refractivity contribution in [3.63, 3.8) is 0 Å². The highest BCUT2D eigenvalue weighted by Gasteiger charge is 2.44. The summed E-state index contributed by atoms with van der Waals surface area (Å²) >= 11 is 5.14. The minimum absolute atomic E-state index is 0.0385. The Hall–Kier alpha value is -0.810. The summed E-state index contributed by atoms with van der Waals surface area (Å²) in [7, 11) is 1.68. The van der Waals surface area contributed by atoms with Crippen molar-refractivity contribution in [2.45, 2.75) is 16.1 Å². The molecule has 0 radical (unpaired) electrons. The zero-order chi connectivity index (χ0) is 12.6. The van der Waals surface area contributed by atoms with Crippen molar-refractivity contribution in [3.05, 3.63) is 29.8 Å². The van der Waals surface area contributed by atoms with Crippen molar-refractivity contribution in [2.75, 3.05) is 13.3 Å². The van der Waals surface area contributed by atoms with E-state index in [0.29, 0.717) is 0 Å². The molecule has 2 rings (SSSR count). The first-order valence-electron chi connectivity index (χ1n) is 5.18. The largest absolute Gasteiger partial charge is 0.271 e. The summed E-state index contributed by atoms with van der Waals surface area (Å²) < 4.78 is -0.729. The van der Waals surface area contributed by atoms with Crippen LogP contribution in [0.1, 0.15) is 12.5 Å². The predicted molar refractivity (Wildman–Crippen MR) is 74.9 cm³/mol. The molecular weight excluding hydrogens is 300 g/mol. The molecule has 0 saturated heterocycles. The van der Waals surface area contributed by atoms with Crippen LogP contribution in [0.2, 0.25) is 0 Å². The van der Waals surface area contributed by atoms with Crippen LogP contribution in [0.25, 0.3) is 0 Å². The maximum atomic E-state index is 12.0. The lowest BCUT2D eigenvalue weighted by atomic mass is 9.98. The molecule has 1 heterocycles. The van der Waals surface area contributed by atoms with Gasteiger partial charge in [-0.1, -0.05) is 34.1 Å². The van der Waals surface area contributed by atoms with Crippen molar-refractivity contribution in [1.29, 1.82) is 0 Å². The molecule has 0 spiro atoms. The lowest BCUT2D eigenvalue weighted by Crippen LogP contribution is -2.37. The molecule has 0 fully saturated rings. The lowest BCUT2D eigenvalue weighted by Gasteiger charge is -2.17. The van der Waals surface area contributed by atoms with Gasteiger partial charge in [-0.05, 0) is 19.2 Å². The van der Waals surface area contributed by atoms with Gasteiger partial charge in [0.1, 0.15) is 4.32 Å². The van der Waals surface area contributed by atoms with Crippen LogP contribution in [-0.4, -0.2) is 34.3 Å².